The summed E-state index contributed by atoms with van der Waals surface area (Å²) in [6.45, 7) is 4.13. The SMILES string of the molecule is C=CCOC(=O)NCC[C@@H](O)[C@@H]1NC(=O)[C@H]([C@H](O)Cc2ccc(O)c(OSOOO)c2)NC(=O)[C@@H]2C[C@@H](O)CN2C(=O)[C@H]([C@@H](C)O)NC(=O)[C@@H](N)C[C@@H](O)CNC(=O)[C@@H]2[C@@H](O)[C@@H](C)CN2C1=O. The zero-order valence-corrected chi connectivity index (χ0v) is 37.2. The third-order valence-electron chi connectivity index (χ3n) is 11.2. The van der Waals surface area contributed by atoms with Crippen LogP contribution in [0.25, 0.3) is 0 Å². The smallest absolute Gasteiger partial charge is 0.407 e. The van der Waals surface area contributed by atoms with Crippen LogP contribution in [-0.4, -0.2) is 198 Å². The van der Waals surface area contributed by atoms with Crippen LogP contribution in [0.1, 0.15) is 38.7 Å². The van der Waals surface area contributed by atoms with E-state index in [4.69, 9.17) is 19.9 Å². The third-order valence-corrected chi connectivity index (χ3v) is 11.5. The molecule has 7 amide bonds. The number of aromatic hydroxyl groups is 1. The Bertz CT molecular complexity index is 1940. The topological polar surface area (TPSA) is 411 Å². The highest BCUT2D eigenvalue weighted by molar-refractivity contribution is 7.90. The van der Waals surface area contributed by atoms with Crippen molar-refractivity contribution in [3.8, 4) is 11.5 Å². The lowest BCUT2D eigenvalue weighted by atomic mass is 9.98. The van der Waals surface area contributed by atoms with Crippen molar-refractivity contribution in [2.45, 2.75) is 112 Å². The quantitative estimate of drug-likeness (QED) is 0.0272. The molecule has 0 bridgehead atoms. The predicted molar refractivity (Wildman–Crippen MR) is 227 cm³/mol. The molecule has 3 fully saturated rings. The molecule has 374 valence electrons. The Kier molecular flexibility index (Phi) is 20.3. The van der Waals surface area contributed by atoms with Gasteiger partial charge in [0.2, 0.25) is 35.4 Å². The number of nitrogens with two attached hydrogens (primary N) is 1. The first-order valence-corrected chi connectivity index (χ1v) is 21.6. The number of carbonyl (C=O) groups excluding carboxylic acids is 7. The number of hydrogen-bond donors (Lipinski definition) is 14. The number of hydrogen-bond acceptors (Lipinski definition) is 21. The number of aliphatic hydroxyl groups is 6. The Morgan fingerprint density at radius 3 is 2.27 bits per heavy atom. The van der Waals surface area contributed by atoms with Gasteiger partial charge in [-0.15, -0.1) is 0 Å². The summed E-state index contributed by atoms with van der Waals surface area (Å²) in [6.07, 6.45) is -11.6. The summed E-state index contributed by atoms with van der Waals surface area (Å²) < 4.78 is 14.1. The summed E-state index contributed by atoms with van der Waals surface area (Å²) in [5, 5.41) is 100. The molecule has 1 aromatic rings. The molecule has 3 heterocycles. The van der Waals surface area contributed by atoms with E-state index >= 15 is 0 Å². The van der Waals surface area contributed by atoms with E-state index in [0.717, 1.165) is 28.9 Å². The van der Waals surface area contributed by atoms with Gasteiger partial charge in [0, 0.05) is 44.9 Å². The van der Waals surface area contributed by atoms with Gasteiger partial charge in [-0.2, -0.15) is 0 Å². The normalized spacial score (nSPS) is 29.5. The number of carbonyl (C=O) groups is 7. The van der Waals surface area contributed by atoms with Crippen LogP contribution < -0.4 is 36.5 Å². The molecule has 0 saturated carbocycles. The van der Waals surface area contributed by atoms with Gasteiger partial charge in [-0.05, 0) is 37.5 Å². The van der Waals surface area contributed by atoms with E-state index in [-0.39, 0.29) is 43.3 Å². The summed E-state index contributed by atoms with van der Waals surface area (Å²) in [4.78, 5) is 98.1. The van der Waals surface area contributed by atoms with Crippen LogP contribution in [0.2, 0.25) is 0 Å². The minimum atomic E-state index is -2.11. The molecular weight excluding hydrogens is 917 g/mol. The highest BCUT2D eigenvalue weighted by Gasteiger charge is 2.49. The van der Waals surface area contributed by atoms with Crippen molar-refractivity contribution in [2.75, 3.05) is 32.8 Å². The monoisotopic (exact) mass is 974 g/mol. The number of nitrogens with one attached hydrogen (secondary N) is 5. The van der Waals surface area contributed by atoms with Crippen molar-refractivity contribution in [2.24, 2.45) is 11.7 Å². The maximum absolute atomic E-state index is 14.6. The lowest BCUT2D eigenvalue weighted by Gasteiger charge is -2.34. The molecule has 15 N–H and O–H groups in total. The van der Waals surface area contributed by atoms with Gasteiger partial charge in [-0.3, -0.25) is 28.8 Å². The first-order chi connectivity index (χ1) is 31.7. The fourth-order valence-corrected chi connectivity index (χ4v) is 7.93. The van der Waals surface area contributed by atoms with Crippen LogP contribution >= 0.6 is 12.3 Å². The standard InChI is InChI=1S/C39H58N8O19S/c1-4-9-63-39(61)41-8-7-25(52)30-38(60)47-15-17(2)32(54)31(47)36(58)42-14-20(49)12-22(40)33(55)43-28(18(3)48)37(59)46-16-21(50)13-23(46)34(56)44-29(35(57)45-30)26(53)10-19-5-6-24(51)27(11-19)64-67-66-65-62/h4-6,11,17-18,20-23,25-26,28-32,48-54,62H,1,7-10,12-16,40H2,2-3H3,(H,41,61)(H,42,58)(H,43,55)(H,44,56)(H,45,57)/t17-,18+,20+,21+,22-,23-,25+,26+,28-,29-,30-,31-,32-/m0/s1. The lowest BCUT2D eigenvalue weighted by Crippen LogP contribution is -2.64. The second-order valence-electron chi connectivity index (χ2n) is 16.3. The summed E-state index contributed by atoms with van der Waals surface area (Å²) >= 11 is 0.0744. The molecule has 3 aliphatic heterocycles. The molecule has 28 heteroatoms. The van der Waals surface area contributed by atoms with Gasteiger partial charge in [0.15, 0.2) is 11.5 Å². The highest BCUT2D eigenvalue weighted by Crippen LogP contribution is 2.31. The maximum atomic E-state index is 14.6. The fraction of sp³-hybridized carbons (Fsp3) is 0.615. The van der Waals surface area contributed by atoms with E-state index in [1.54, 1.807) is 0 Å². The number of rotatable bonds is 14. The van der Waals surface area contributed by atoms with Crippen LogP contribution in [0, 0.1) is 5.92 Å². The van der Waals surface area contributed by atoms with Gasteiger partial charge in [0.1, 0.15) is 36.8 Å². The average Bonchev–Trinajstić information content (AvgIpc) is 3.82. The molecule has 0 radical (unpaired) electrons. The van der Waals surface area contributed by atoms with Crippen molar-refractivity contribution in [1.82, 2.24) is 36.4 Å². The minimum absolute atomic E-state index is 0.0744. The summed E-state index contributed by atoms with van der Waals surface area (Å²) in [6, 6.07) is -7.26. The second-order valence-corrected chi connectivity index (χ2v) is 16.7. The van der Waals surface area contributed by atoms with E-state index in [1.807, 2.05) is 0 Å². The zero-order chi connectivity index (χ0) is 49.7. The van der Waals surface area contributed by atoms with Crippen molar-refractivity contribution in [3.05, 3.63) is 36.4 Å². The summed E-state index contributed by atoms with van der Waals surface area (Å²) in [5.74, 6) is -8.35. The predicted octanol–water partition coefficient (Wildman–Crippen LogP) is -5.47. The number of alkyl carbamates (subject to hydrolysis) is 1. The van der Waals surface area contributed by atoms with Crippen LogP contribution in [-0.2, 0) is 49.3 Å². The first-order valence-electron chi connectivity index (χ1n) is 21.0. The number of fused-ring (bicyclic) bond motifs is 2. The lowest BCUT2D eigenvalue weighted by molar-refractivity contribution is -0.433. The molecule has 67 heavy (non-hydrogen) atoms. The zero-order valence-electron chi connectivity index (χ0n) is 36.3. The number of phenols is 1. The molecule has 3 saturated heterocycles. The van der Waals surface area contributed by atoms with E-state index in [2.05, 4.69) is 42.5 Å². The Morgan fingerprint density at radius 1 is 0.925 bits per heavy atom. The summed E-state index contributed by atoms with van der Waals surface area (Å²) in [7, 11) is 0. The summed E-state index contributed by atoms with van der Waals surface area (Å²) in [5.41, 5.74) is 6.16. The second kappa shape index (κ2) is 25.1. The number of amides is 7. The molecule has 0 unspecified atom stereocenters. The first kappa shape index (κ1) is 54.2. The van der Waals surface area contributed by atoms with Gasteiger partial charge in [0.25, 0.3) is 12.3 Å². The van der Waals surface area contributed by atoms with E-state index < -0.39 is 165 Å². The molecule has 0 aliphatic carbocycles. The number of β-amino-alcohol motifs (C(OH)–C–C–N with tert-alkyl or cyclic N) is 1. The molecular formula is C39H58N8O19S. The van der Waals surface area contributed by atoms with Crippen molar-refractivity contribution >= 4 is 53.9 Å². The molecule has 1 aromatic carbocycles. The van der Waals surface area contributed by atoms with Crippen molar-refractivity contribution in [3.63, 3.8) is 0 Å². The van der Waals surface area contributed by atoms with E-state index in [0.29, 0.717) is 0 Å². The Labute approximate surface area is 387 Å². The molecule has 0 spiro atoms. The van der Waals surface area contributed by atoms with Crippen LogP contribution in [0.3, 0.4) is 0 Å². The van der Waals surface area contributed by atoms with Crippen molar-refractivity contribution < 1.29 is 92.9 Å². The van der Waals surface area contributed by atoms with Gasteiger partial charge in [-0.1, -0.05) is 35.0 Å². The van der Waals surface area contributed by atoms with Gasteiger partial charge in [-0.25, -0.2) is 10.1 Å². The van der Waals surface area contributed by atoms with Crippen LogP contribution in [0.5, 0.6) is 11.5 Å². The molecule has 4 rings (SSSR count). The van der Waals surface area contributed by atoms with E-state index in [1.165, 1.54) is 19.1 Å². The number of phenolic OH excluding ortho intramolecular Hbond substituents is 1. The number of nitrogens with zero attached hydrogens (tertiary/aromatic N) is 2. The fourth-order valence-electron chi connectivity index (χ4n) is 7.67. The Hall–Kier alpha value is -5.40. The molecule has 3 aliphatic rings. The Balaban J connectivity index is 1.81. The van der Waals surface area contributed by atoms with Gasteiger partial charge in [0.05, 0.1) is 42.7 Å². The van der Waals surface area contributed by atoms with Gasteiger partial charge >= 0.3 is 6.09 Å². The largest absolute Gasteiger partial charge is 0.504 e. The minimum Gasteiger partial charge on any atom is -0.504 e. The van der Waals surface area contributed by atoms with Crippen LogP contribution in [0.4, 0.5) is 4.79 Å². The highest BCUT2D eigenvalue weighted by atomic mass is 32.2. The molecule has 13 atom stereocenters. The number of aliphatic hydroxyl groups excluding tert-OH is 6. The van der Waals surface area contributed by atoms with Crippen molar-refractivity contribution in [1.29, 1.82) is 0 Å². The average molecular weight is 975 g/mol. The van der Waals surface area contributed by atoms with Crippen LogP contribution in [0.15, 0.2) is 30.9 Å². The Morgan fingerprint density at radius 2 is 1.60 bits per heavy atom. The number of ether oxygens (including phenoxy) is 1. The van der Waals surface area contributed by atoms with E-state index in [9.17, 15) is 69.3 Å². The molecule has 27 nitrogen and oxygen atoms in total. The molecule has 0 aromatic heterocycles. The number of benzene rings is 1. The third kappa shape index (κ3) is 14.5. The maximum Gasteiger partial charge on any atom is 0.407 e. The van der Waals surface area contributed by atoms with Gasteiger partial charge < -0.3 is 86.8 Å².